The standard InChI is InChI=1S/C14H19Cl2NO3S/c1-10-4-6-14(18,7-5-10)9-17-21(19,20)13-8-11(15)2-3-12(13)16/h2-3,8,10,17-18H,4-7,9H2,1H3. The summed E-state index contributed by atoms with van der Waals surface area (Å²) in [5.41, 5.74) is -0.982. The summed E-state index contributed by atoms with van der Waals surface area (Å²) in [4.78, 5) is -0.0653. The van der Waals surface area contributed by atoms with E-state index in [-0.39, 0.29) is 16.5 Å². The zero-order valence-corrected chi connectivity index (χ0v) is 14.1. The van der Waals surface area contributed by atoms with Gasteiger partial charge in [0.1, 0.15) is 4.90 Å². The molecule has 0 spiro atoms. The lowest BCUT2D eigenvalue weighted by Gasteiger charge is -2.34. The summed E-state index contributed by atoms with van der Waals surface area (Å²) in [5.74, 6) is 0.573. The maximum Gasteiger partial charge on any atom is 0.242 e. The summed E-state index contributed by atoms with van der Waals surface area (Å²) in [6.07, 6.45) is 2.99. The zero-order valence-electron chi connectivity index (χ0n) is 11.8. The number of nitrogens with one attached hydrogen (secondary N) is 1. The minimum Gasteiger partial charge on any atom is -0.389 e. The molecule has 2 N–H and O–H groups in total. The average Bonchev–Trinajstić information content (AvgIpc) is 2.43. The second-order valence-electron chi connectivity index (χ2n) is 5.81. The van der Waals surface area contributed by atoms with Crippen molar-refractivity contribution in [3.05, 3.63) is 28.2 Å². The highest BCUT2D eigenvalue weighted by atomic mass is 35.5. The molecule has 1 aliphatic carbocycles. The topological polar surface area (TPSA) is 66.4 Å². The predicted octanol–water partition coefficient (Wildman–Crippen LogP) is 3.21. The van der Waals surface area contributed by atoms with Crippen molar-refractivity contribution in [3.8, 4) is 0 Å². The number of rotatable bonds is 4. The Morgan fingerprint density at radius 2 is 1.95 bits per heavy atom. The van der Waals surface area contributed by atoms with E-state index in [0.29, 0.717) is 23.8 Å². The van der Waals surface area contributed by atoms with Crippen LogP contribution in [0.3, 0.4) is 0 Å². The molecule has 0 aliphatic heterocycles. The summed E-state index contributed by atoms with van der Waals surface area (Å²) < 4.78 is 27.0. The van der Waals surface area contributed by atoms with Gasteiger partial charge in [0.15, 0.2) is 0 Å². The van der Waals surface area contributed by atoms with Gasteiger partial charge in [-0.3, -0.25) is 0 Å². The molecule has 0 atom stereocenters. The maximum absolute atomic E-state index is 12.3. The van der Waals surface area contributed by atoms with Gasteiger partial charge in [0, 0.05) is 11.6 Å². The quantitative estimate of drug-likeness (QED) is 0.874. The van der Waals surface area contributed by atoms with Crippen molar-refractivity contribution in [1.82, 2.24) is 4.72 Å². The van der Waals surface area contributed by atoms with E-state index in [9.17, 15) is 13.5 Å². The lowest BCUT2D eigenvalue weighted by atomic mass is 9.80. The molecule has 1 aliphatic rings. The van der Waals surface area contributed by atoms with Gasteiger partial charge in [0.05, 0.1) is 10.6 Å². The zero-order chi connectivity index (χ0) is 15.7. The molecule has 7 heteroatoms. The van der Waals surface area contributed by atoms with E-state index < -0.39 is 15.6 Å². The van der Waals surface area contributed by atoms with Gasteiger partial charge in [-0.15, -0.1) is 0 Å². The summed E-state index contributed by atoms with van der Waals surface area (Å²) >= 11 is 11.7. The molecule has 0 unspecified atom stereocenters. The molecule has 1 saturated carbocycles. The van der Waals surface area contributed by atoms with Gasteiger partial charge < -0.3 is 5.11 Å². The molecule has 1 aromatic rings. The van der Waals surface area contributed by atoms with Crippen LogP contribution in [0, 0.1) is 5.92 Å². The Bertz CT molecular complexity index is 611. The fourth-order valence-electron chi connectivity index (χ4n) is 2.47. The first-order valence-corrected chi connectivity index (χ1v) is 9.13. The highest BCUT2D eigenvalue weighted by Gasteiger charge is 2.33. The molecular weight excluding hydrogens is 333 g/mol. The number of aliphatic hydroxyl groups is 1. The largest absolute Gasteiger partial charge is 0.389 e. The van der Waals surface area contributed by atoms with E-state index in [4.69, 9.17) is 23.2 Å². The Labute approximate surface area is 135 Å². The van der Waals surface area contributed by atoms with Crippen LogP contribution in [0.15, 0.2) is 23.1 Å². The molecule has 2 rings (SSSR count). The van der Waals surface area contributed by atoms with Crippen molar-refractivity contribution in [2.24, 2.45) is 5.92 Å². The molecular formula is C14H19Cl2NO3S. The number of hydrogen-bond donors (Lipinski definition) is 2. The smallest absolute Gasteiger partial charge is 0.242 e. The van der Waals surface area contributed by atoms with E-state index >= 15 is 0 Å². The molecule has 0 amide bonds. The summed E-state index contributed by atoms with van der Waals surface area (Å²) in [6, 6.07) is 4.27. The van der Waals surface area contributed by atoms with Crippen molar-refractivity contribution < 1.29 is 13.5 Å². The van der Waals surface area contributed by atoms with Crippen LogP contribution < -0.4 is 4.72 Å². The second kappa shape index (κ2) is 6.42. The summed E-state index contributed by atoms with van der Waals surface area (Å²) in [6.45, 7) is 2.13. The second-order valence-corrected chi connectivity index (χ2v) is 8.39. The number of halogens is 2. The third-order valence-electron chi connectivity index (χ3n) is 3.98. The third-order valence-corrected chi connectivity index (χ3v) is 6.10. The Hall–Kier alpha value is -0.330. The Morgan fingerprint density at radius 1 is 1.33 bits per heavy atom. The SMILES string of the molecule is CC1CCC(O)(CNS(=O)(=O)c2cc(Cl)ccc2Cl)CC1. The minimum atomic E-state index is -3.79. The fourth-order valence-corrected chi connectivity index (χ4v) is 4.35. The number of hydrogen-bond acceptors (Lipinski definition) is 3. The summed E-state index contributed by atoms with van der Waals surface area (Å²) in [5, 5.41) is 10.8. The van der Waals surface area contributed by atoms with E-state index in [0.717, 1.165) is 12.8 Å². The van der Waals surface area contributed by atoms with Crippen molar-refractivity contribution in [2.45, 2.75) is 43.1 Å². The number of benzene rings is 1. The monoisotopic (exact) mass is 351 g/mol. The predicted molar refractivity (Wildman–Crippen MR) is 84.2 cm³/mol. The van der Waals surface area contributed by atoms with E-state index in [1.165, 1.54) is 18.2 Å². The van der Waals surface area contributed by atoms with E-state index in [2.05, 4.69) is 11.6 Å². The molecule has 1 aromatic carbocycles. The van der Waals surface area contributed by atoms with Gasteiger partial charge in [-0.05, 0) is 49.8 Å². The summed E-state index contributed by atoms with van der Waals surface area (Å²) in [7, 11) is -3.79. The van der Waals surface area contributed by atoms with Crippen molar-refractivity contribution in [1.29, 1.82) is 0 Å². The lowest BCUT2D eigenvalue weighted by molar-refractivity contribution is -0.00182. The first-order chi connectivity index (χ1) is 9.72. The van der Waals surface area contributed by atoms with E-state index in [1.807, 2.05) is 0 Å². The Balaban J connectivity index is 2.09. The first kappa shape index (κ1) is 17.0. The van der Waals surface area contributed by atoms with Gasteiger partial charge in [0.25, 0.3) is 0 Å². The van der Waals surface area contributed by atoms with Crippen molar-refractivity contribution in [3.63, 3.8) is 0 Å². The maximum atomic E-state index is 12.3. The third kappa shape index (κ3) is 4.33. The van der Waals surface area contributed by atoms with Crippen molar-refractivity contribution in [2.75, 3.05) is 6.54 Å². The van der Waals surface area contributed by atoms with Crippen LogP contribution in [-0.2, 0) is 10.0 Å². The lowest BCUT2D eigenvalue weighted by Crippen LogP contribution is -2.45. The fraction of sp³-hybridized carbons (Fsp3) is 0.571. The van der Waals surface area contributed by atoms with Gasteiger partial charge in [0.2, 0.25) is 10.0 Å². The van der Waals surface area contributed by atoms with Crippen LogP contribution in [0.2, 0.25) is 10.0 Å². The first-order valence-electron chi connectivity index (χ1n) is 6.89. The molecule has 0 saturated heterocycles. The Morgan fingerprint density at radius 3 is 2.57 bits per heavy atom. The Kier molecular flexibility index (Phi) is 5.21. The van der Waals surface area contributed by atoms with Gasteiger partial charge >= 0.3 is 0 Å². The highest BCUT2D eigenvalue weighted by molar-refractivity contribution is 7.89. The van der Waals surface area contributed by atoms with Crippen LogP contribution in [0.25, 0.3) is 0 Å². The molecule has 0 radical (unpaired) electrons. The molecule has 0 heterocycles. The van der Waals surface area contributed by atoms with Crippen LogP contribution in [0.5, 0.6) is 0 Å². The van der Waals surface area contributed by atoms with Gasteiger partial charge in [-0.2, -0.15) is 0 Å². The average molecular weight is 352 g/mol. The normalized spacial score (nSPS) is 26.8. The molecule has 0 bridgehead atoms. The van der Waals surface area contributed by atoms with Crippen LogP contribution in [0.4, 0.5) is 0 Å². The van der Waals surface area contributed by atoms with Crippen LogP contribution in [-0.4, -0.2) is 25.7 Å². The van der Waals surface area contributed by atoms with Crippen LogP contribution >= 0.6 is 23.2 Å². The molecule has 118 valence electrons. The molecule has 4 nitrogen and oxygen atoms in total. The molecule has 21 heavy (non-hydrogen) atoms. The minimum absolute atomic E-state index is 0.00903. The van der Waals surface area contributed by atoms with Crippen LogP contribution in [0.1, 0.15) is 32.6 Å². The van der Waals surface area contributed by atoms with Gasteiger partial charge in [-0.25, -0.2) is 13.1 Å². The molecule has 1 fully saturated rings. The van der Waals surface area contributed by atoms with Crippen molar-refractivity contribution >= 4 is 33.2 Å². The highest BCUT2D eigenvalue weighted by Crippen LogP contribution is 2.32. The van der Waals surface area contributed by atoms with E-state index in [1.54, 1.807) is 0 Å². The van der Waals surface area contributed by atoms with Gasteiger partial charge in [-0.1, -0.05) is 30.1 Å². The molecule has 0 aromatic heterocycles. The number of sulfonamides is 1.